The molecule has 3 aliphatic rings. The molecule has 2 aliphatic heterocycles. The number of anilines is 1. The number of benzene rings is 2. The average molecular weight is 520 g/mol. The molecule has 5 rings (SSSR count). The summed E-state index contributed by atoms with van der Waals surface area (Å²) in [5.41, 5.74) is 1.03. The number of sulfonamides is 1. The number of nitrogens with zero attached hydrogens (tertiary/aromatic N) is 3. The van der Waals surface area contributed by atoms with Crippen molar-refractivity contribution in [3.05, 3.63) is 63.5 Å². The van der Waals surface area contributed by atoms with E-state index < -0.39 is 10.0 Å². The highest BCUT2D eigenvalue weighted by Crippen LogP contribution is 2.50. The molecule has 0 spiro atoms. The van der Waals surface area contributed by atoms with E-state index in [4.69, 9.17) is 11.6 Å². The number of para-hydroxylation sites is 1. The predicted molar refractivity (Wildman–Crippen MR) is 135 cm³/mol. The largest absolute Gasteiger partial charge is 0.337 e. The molecule has 0 aromatic heterocycles. The Bertz CT molecular complexity index is 1270. The van der Waals surface area contributed by atoms with Gasteiger partial charge in [-0.3, -0.25) is 9.69 Å². The van der Waals surface area contributed by atoms with Crippen LogP contribution in [0, 0.1) is 0 Å². The standard InChI is InChI=1S/C23H22ClN3O3S3/c1-26-18-9-5-6-10-19(18)31-22(26)20-21(28)27(16-7-3-2-4-8-16)23(32-20)25-33(29,30)17-13-11-15(24)12-14-17/h5-6,9-14,16H,2-4,7-8H2,1H3/b22-20+,25-23+. The van der Waals surface area contributed by atoms with Gasteiger partial charge in [0, 0.05) is 23.0 Å². The first kappa shape index (κ1) is 22.8. The van der Waals surface area contributed by atoms with Crippen LogP contribution in [-0.4, -0.2) is 37.5 Å². The van der Waals surface area contributed by atoms with E-state index in [9.17, 15) is 13.2 Å². The van der Waals surface area contributed by atoms with Crippen LogP contribution in [0.2, 0.25) is 5.02 Å². The maximum absolute atomic E-state index is 13.7. The number of halogens is 1. The molecule has 0 N–H and O–H groups in total. The Morgan fingerprint density at radius 2 is 1.70 bits per heavy atom. The first-order valence-corrected chi connectivity index (χ1v) is 14.2. The summed E-state index contributed by atoms with van der Waals surface area (Å²) in [6.07, 6.45) is 4.85. The molecule has 6 nitrogen and oxygen atoms in total. The molecule has 0 atom stereocenters. The molecule has 2 aromatic rings. The smallest absolute Gasteiger partial charge is 0.284 e. The fourth-order valence-electron chi connectivity index (χ4n) is 4.30. The molecule has 1 aliphatic carbocycles. The summed E-state index contributed by atoms with van der Waals surface area (Å²) in [7, 11) is -2.07. The van der Waals surface area contributed by atoms with Crippen molar-refractivity contribution in [1.29, 1.82) is 0 Å². The van der Waals surface area contributed by atoms with Gasteiger partial charge >= 0.3 is 0 Å². The van der Waals surface area contributed by atoms with E-state index >= 15 is 0 Å². The molecule has 2 heterocycles. The number of thioether (sulfide) groups is 2. The Morgan fingerprint density at radius 1 is 1.00 bits per heavy atom. The Morgan fingerprint density at radius 3 is 2.39 bits per heavy atom. The van der Waals surface area contributed by atoms with Crippen LogP contribution in [0.25, 0.3) is 0 Å². The number of hydrogen-bond donors (Lipinski definition) is 0. The van der Waals surface area contributed by atoms with E-state index in [1.54, 1.807) is 4.90 Å². The Labute approximate surface area is 207 Å². The van der Waals surface area contributed by atoms with Crippen LogP contribution in [0.5, 0.6) is 0 Å². The van der Waals surface area contributed by atoms with Crippen LogP contribution in [0.4, 0.5) is 5.69 Å². The van der Waals surface area contributed by atoms with Crippen LogP contribution in [-0.2, 0) is 14.8 Å². The minimum absolute atomic E-state index is 0.0462. The molecule has 0 unspecified atom stereocenters. The molecule has 0 bridgehead atoms. The van der Waals surface area contributed by atoms with E-state index in [2.05, 4.69) is 4.40 Å². The summed E-state index contributed by atoms with van der Waals surface area (Å²) in [4.78, 5) is 18.9. The topological polar surface area (TPSA) is 70.1 Å². The lowest BCUT2D eigenvalue weighted by Gasteiger charge is -2.30. The molecule has 1 amide bonds. The van der Waals surface area contributed by atoms with E-state index in [-0.39, 0.29) is 22.0 Å². The third-order valence-corrected chi connectivity index (χ3v) is 10.1. The molecule has 0 radical (unpaired) electrons. The summed E-state index contributed by atoms with van der Waals surface area (Å²) in [6, 6.07) is 13.8. The van der Waals surface area contributed by atoms with Gasteiger partial charge in [-0.2, -0.15) is 8.42 Å². The van der Waals surface area contributed by atoms with Crippen molar-refractivity contribution in [2.75, 3.05) is 11.9 Å². The molecule has 1 saturated carbocycles. The number of hydrogen-bond acceptors (Lipinski definition) is 6. The van der Waals surface area contributed by atoms with Gasteiger partial charge in [0.2, 0.25) is 0 Å². The van der Waals surface area contributed by atoms with Crippen molar-refractivity contribution in [1.82, 2.24) is 4.90 Å². The second-order valence-corrected chi connectivity index (χ2v) is 12.2. The fraction of sp³-hybridized carbons (Fsp3) is 0.304. The van der Waals surface area contributed by atoms with Crippen molar-refractivity contribution in [2.24, 2.45) is 4.40 Å². The lowest BCUT2D eigenvalue weighted by atomic mass is 9.94. The number of carbonyl (C=O) groups is 1. The highest BCUT2D eigenvalue weighted by Gasteiger charge is 2.43. The number of fused-ring (bicyclic) bond motifs is 1. The van der Waals surface area contributed by atoms with Crippen LogP contribution in [0.3, 0.4) is 0 Å². The molecule has 10 heteroatoms. The monoisotopic (exact) mass is 519 g/mol. The molecular formula is C23H22ClN3O3S3. The summed E-state index contributed by atoms with van der Waals surface area (Å²) >= 11 is 8.60. The van der Waals surface area contributed by atoms with Crippen LogP contribution >= 0.6 is 35.1 Å². The van der Waals surface area contributed by atoms with E-state index in [0.717, 1.165) is 59.5 Å². The number of rotatable bonds is 3. The van der Waals surface area contributed by atoms with Gasteiger partial charge in [0.05, 0.1) is 15.6 Å². The predicted octanol–water partition coefficient (Wildman–Crippen LogP) is 5.70. The maximum Gasteiger partial charge on any atom is 0.284 e. The molecule has 2 fully saturated rings. The van der Waals surface area contributed by atoms with Crippen molar-refractivity contribution >= 4 is 61.9 Å². The van der Waals surface area contributed by atoms with Gasteiger partial charge < -0.3 is 4.90 Å². The zero-order chi connectivity index (χ0) is 23.2. The highest BCUT2D eigenvalue weighted by molar-refractivity contribution is 8.19. The fourth-order valence-corrected chi connectivity index (χ4v) is 8.00. The Kier molecular flexibility index (Phi) is 6.24. The molecular weight excluding hydrogens is 498 g/mol. The molecule has 1 saturated heterocycles. The SMILES string of the molecule is CN1/C(=C2\S/C(=N/S(=O)(=O)c3ccc(Cl)cc3)N(C3CCCCC3)C2=O)Sc2ccccc21. The zero-order valence-electron chi connectivity index (χ0n) is 17.9. The van der Waals surface area contributed by atoms with Gasteiger partial charge in [-0.15, -0.1) is 4.40 Å². The molecule has 172 valence electrons. The van der Waals surface area contributed by atoms with Gasteiger partial charge in [-0.25, -0.2) is 0 Å². The van der Waals surface area contributed by atoms with Crippen molar-refractivity contribution in [3.63, 3.8) is 0 Å². The first-order valence-electron chi connectivity index (χ1n) is 10.7. The highest BCUT2D eigenvalue weighted by atomic mass is 35.5. The van der Waals surface area contributed by atoms with Gasteiger partial charge in [-0.05, 0) is 61.0 Å². The van der Waals surface area contributed by atoms with Crippen LogP contribution in [0.1, 0.15) is 32.1 Å². The third kappa shape index (κ3) is 4.32. The molecule has 33 heavy (non-hydrogen) atoms. The number of carbonyl (C=O) groups excluding carboxylic acids is 1. The maximum atomic E-state index is 13.7. The minimum atomic E-state index is -4.00. The van der Waals surface area contributed by atoms with Crippen molar-refractivity contribution in [3.8, 4) is 0 Å². The zero-order valence-corrected chi connectivity index (χ0v) is 21.1. The quantitative estimate of drug-likeness (QED) is 0.484. The van der Waals surface area contributed by atoms with Crippen molar-refractivity contribution in [2.45, 2.75) is 47.9 Å². The van der Waals surface area contributed by atoms with Crippen LogP contribution < -0.4 is 4.90 Å². The van der Waals surface area contributed by atoms with Crippen molar-refractivity contribution < 1.29 is 13.2 Å². The first-order chi connectivity index (χ1) is 15.8. The second-order valence-electron chi connectivity index (χ2n) is 8.13. The van der Waals surface area contributed by atoms with Gasteiger partial charge in [0.15, 0.2) is 5.17 Å². The third-order valence-electron chi connectivity index (χ3n) is 5.99. The van der Waals surface area contributed by atoms with E-state index in [0.29, 0.717) is 9.93 Å². The van der Waals surface area contributed by atoms with E-state index in [1.165, 1.54) is 36.0 Å². The van der Waals surface area contributed by atoms with Gasteiger partial charge in [0.25, 0.3) is 15.9 Å². The summed E-state index contributed by atoms with van der Waals surface area (Å²) in [5.74, 6) is -0.167. The summed E-state index contributed by atoms with van der Waals surface area (Å²) in [6.45, 7) is 0. The molecule has 2 aromatic carbocycles. The minimum Gasteiger partial charge on any atom is -0.337 e. The lowest BCUT2D eigenvalue weighted by molar-refractivity contribution is -0.124. The van der Waals surface area contributed by atoms with E-state index in [1.807, 2.05) is 36.2 Å². The lowest BCUT2D eigenvalue weighted by Crippen LogP contribution is -2.41. The summed E-state index contributed by atoms with van der Waals surface area (Å²) in [5, 5.41) is 1.49. The summed E-state index contributed by atoms with van der Waals surface area (Å²) < 4.78 is 30.3. The van der Waals surface area contributed by atoms with Gasteiger partial charge in [-0.1, -0.05) is 54.8 Å². The van der Waals surface area contributed by atoms with Gasteiger partial charge in [0.1, 0.15) is 4.91 Å². The normalized spacial score (nSPS) is 23.0. The second kappa shape index (κ2) is 9.02. The number of amidine groups is 1. The van der Waals surface area contributed by atoms with Crippen LogP contribution in [0.15, 0.2) is 72.7 Å². The Balaban J connectivity index is 1.57. The Hall–Kier alpha value is -1.94. The average Bonchev–Trinajstić information content (AvgIpc) is 3.30. The number of amides is 1.